The zero-order chi connectivity index (χ0) is 18.5. The summed E-state index contributed by atoms with van der Waals surface area (Å²) >= 11 is 1.36. The molecule has 0 spiro atoms. The highest BCUT2D eigenvalue weighted by Crippen LogP contribution is 2.21. The van der Waals surface area contributed by atoms with Crippen LogP contribution in [0.1, 0.15) is 23.0 Å². The van der Waals surface area contributed by atoms with Crippen LogP contribution in [0.4, 0.5) is 20.9 Å². The number of hydrogen-bond acceptors (Lipinski definition) is 5. The van der Waals surface area contributed by atoms with E-state index in [0.717, 1.165) is 5.69 Å². The van der Waals surface area contributed by atoms with Crippen molar-refractivity contribution in [1.82, 2.24) is 4.98 Å². The fraction of sp³-hybridized carbons (Fsp3) is 0.105. The lowest BCUT2D eigenvalue weighted by atomic mass is 10.1. The maximum Gasteiger partial charge on any atom is 0.230 e. The Bertz CT molecular complexity index is 938. The highest BCUT2D eigenvalue weighted by molar-refractivity contribution is 7.13. The predicted octanol–water partition coefficient (Wildman–Crippen LogP) is 4.41. The first-order valence-corrected chi connectivity index (χ1v) is 8.75. The van der Waals surface area contributed by atoms with Crippen LogP contribution >= 0.6 is 11.3 Å². The Morgan fingerprint density at radius 3 is 2.62 bits per heavy atom. The van der Waals surface area contributed by atoms with E-state index < -0.39 is 0 Å². The molecule has 5 nitrogen and oxygen atoms in total. The lowest BCUT2D eigenvalue weighted by molar-refractivity contribution is -0.115. The van der Waals surface area contributed by atoms with Gasteiger partial charge in [-0.25, -0.2) is 9.37 Å². The van der Waals surface area contributed by atoms with Crippen LogP contribution in [0.5, 0.6) is 0 Å². The normalized spacial score (nSPS) is 10.4. The summed E-state index contributed by atoms with van der Waals surface area (Å²) < 4.78 is 12.9. The fourth-order valence-corrected chi connectivity index (χ4v) is 3.02. The van der Waals surface area contributed by atoms with Crippen molar-refractivity contribution in [2.24, 2.45) is 0 Å². The van der Waals surface area contributed by atoms with Gasteiger partial charge in [0.25, 0.3) is 0 Å². The molecule has 2 aromatic carbocycles. The third-order valence-electron chi connectivity index (χ3n) is 3.54. The first-order chi connectivity index (χ1) is 12.5. The number of nitrogens with one attached hydrogen (secondary N) is 2. The molecule has 1 heterocycles. The molecule has 0 radical (unpaired) electrons. The van der Waals surface area contributed by atoms with E-state index in [0.29, 0.717) is 22.1 Å². The number of nitrogens with zero attached hydrogens (tertiary/aromatic N) is 1. The molecule has 0 aliphatic rings. The number of thiazole rings is 1. The minimum atomic E-state index is -0.305. The maximum absolute atomic E-state index is 12.9. The molecule has 0 aliphatic carbocycles. The highest BCUT2D eigenvalue weighted by Gasteiger charge is 2.09. The number of ketones is 1. The summed E-state index contributed by atoms with van der Waals surface area (Å²) in [5.74, 6) is -0.581. The number of amides is 1. The Morgan fingerprint density at radius 2 is 1.88 bits per heavy atom. The Balaban J connectivity index is 1.60. The number of carbonyl (C=O) groups excluding carboxylic acids is 2. The summed E-state index contributed by atoms with van der Waals surface area (Å²) in [6.45, 7) is 1.48. The summed E-state index contributed by atoms with van der Waals surface area (Å²) in [5.41, 5.74) is 2.46. The molecule has 0 fully saturated rings. The quantitative estimate of drug-likeness (QED) is 0.632. The van der Waals surface area contributed by atoms with Gasteiger partial charge in [0.1, 0.15) is 5.82 Å². The van der Waals surface area contributed by atoms with Crippen molar-refractivity contribution in [2.75, 3.05) is 10.6 Å². The van der Waals surface area contributed by atoms with Gasteiger partial charge in [0.15, 0.2) is 10.9 Å². The largest absolute Gasteiger partial charge is 0.332 e. The molecule has 0 aliphatic heterocycles. The van der Waals surface area contributed by atoms with Gasteiger partial charge in [-0.1, -0.05) is 12.1 Å². The summed E-state index contributed by atoms with van der Waals surface area (Å²) in [6.07, 6.45) is 0.117. The average Bonchev–Trinajstić information content (AvgIpc) is 3.04. The Kier molecular flexibility index (Phi) is 5.38. The Labute approximate surface area is 153 Å². The van der Waals surface area contributed by atoms with Crippen LogP contribution in [0.25, 0.3) is 0 Å². The lowest BCUT2D eigenvalue weighted by Gasteiger charge is -2.05. The second-order valence-electron chi connectivity index (χ2n) is 5.64. The highest BCUT2D eigenvalue weighted by atomic mass is 32.1. The number of carbonyl (C=O) groups is 2. The Hall–Kier alpha value is -3.06. The number of anilines is 3. The van der Waals surface area contributed by atoms with Gasteiger partial charge in [-0.05, 0) is 43.3 Å². The van der Waals surface area contributed by atoms with Crippen LogP contribution < -0.4 is 10.6 Å². The van der Waals surface area contributed by atoms with Gasteiger partial charge in [-0.2, -0.15) is 0 Å². The van der Waals surface area contributed by atoms with E-state index in [4.69, 9.17) is 0 Å². The van der Waals surface area contributed by atoms with Crippen molar-refractivity contribution in [1.29, 1.82) is 0 Å². The topological polar surface area (TPSA) is 71.1 Å². The predicted molar refractivity (Wildman–Crippen MR) is 101 cm³/mol. The minimum absolute atomic E-state index is 0.0582. The van der Waals surface area contributed by atoms with Gasteiger partial charge in [-0.15, -0.1) is 11.3 Å². The van der Waals surface area contributed by atoms with E-state index in [1.54, 1.807) is 41.8 Å². The van der Waals surface area contributed by atoms with Gasteiger partial charge in [-0.3, -0.25) is 9.59 Å². The SMILES string of the molecule is CC(=O)c1cccc(NC(=O)Cc2csc(Nc3ccc(F)cc3)n2)c1. The third kappa shape index (κ3) is 4.73. The van der Waals surface area contributed by atoms with Crippen LogP contribution in [-0.2, 0) is 11.2 Å². The molecule has 0 atom stereocenters. The number of Topliss-reactive ketones (excluding diaryl/α,β-unsaturated/α-hetero) is 1. The minimum Gasteiger partial charge on any atom is -0.332 e. The molecule has 0 unspecified atom stereocenters. The van der Waals surface area contributed by atoms with Crippen molar-refractivity contribution >= 4 is 39.5 Å². The smallest absolute Gasteiger partial charge is 0.230 e. The number of rotatable bonds is 6. The molecule has 1 aromatic heterocycles. The van der Waals surface area contributed by atoms with Gasteiger partial charge in [0.2, 0.25) is 5.91 Å². The van der Waals surface area contributed by atoms with E-state index in [1.807, 2.05) is 0 Å². The zero-order valence-electron chi connectivity index (χ0n) is 14.0. The molecular formula is C19H16FN3O2S. The van der Waals surface area contributed by atoms with Crippen LogP contribution in [-0.4, -0.2) is 16.7 Å². The average molecular weight is 369 g/mol. The molecule has 26 heavy (non-hydrogen) atoms. The van der Waals surface area contributed by atoms with Crippen molar-refractivity contribution in [2.45, 2.75) is 13.3 Å². The maximum atomic E-state index is 12.9. The number of halogens is 1. The summed E-state index contributed by atoms with van der Waals surface area (Å²) in [5, 5.41) is 8.24. The number of hydrogen-bond donors (Lipinski definition) is 2. The van der Waals surface area contributed by atoms with E-state index in [9.17, 15) is 14.0 Å². The van der Waals surface area contributed by atoms with Gasteiger partial charge < -0.3 is 10.6 Å². The molecule has 3 rings (SSSR count). The van der Waals surface area contributed by atoms with Crippen LogP contribution in [0.3, 0.4) is 0 Å². The molecule has 0 saturated carbocycles. The molecule has 1 amide bonds. The van der Waals surface area contributed by atoms with E-state index in [2.05, 4.69) is 15.6 Å². The van der Waals surface area contributed by atoms with E-state index in [1.165, 1.54) is 30.4 Å². The Morgan fingerprint density at radius 1 is 1.12 bits per heavy atom. The monoisotopic (exact) mass is 369 g/mol. The molecular weight excluding hydrogens is 353 g/mol. The zero-order valence-corrected chi connectivity index (χ0v) is 14.8. The summed E-state index contributed by atoms with van der Waals surface area (Å²) in [6, 6.07) is 12.7. The molecule has 3 aromatic rings. The van der Waals surface area contributed by atoms with Crippen LogP contribution in [0, 0.1) is 5.82 Å². The summed E-state index contributed by atoms with van der Waals surface area (Å²) in [7, 11) is 0. The van der Waals surface area contributed by atoms with Gasteiger partial charge in [0, 0.05) is 22.3 Å². The second kappa shape index (κ2) is 7.88. The molecule has 0 saturated heterocycles. The third-order valence-corrected chi connectivity index (χ3v) is 4.35. The van der Waals surface area contributed by atoms with Crippen molar-refractivity contribution in [3.63, 3.8) is 0 Å². The number of benzene rings is 2. The van der Waals surface area contributed by atoms with Gasteiger partial charge >= 0.3 is 0 Å². The van der Waals surface area contributed by atoms with E-state index in [-0.39, 0.29) is 23.9 Å². The first-order valence-electron chi connectivity index (χ1n) is 7.87. The van der Waals surface area contributed by atoms with Gasteiger partial charge in [0.05, 0.1) is 12.1 Å². The van der Waals surface area contributed by atoms with Crippen molar-refractivity contribution < 1.29 is 14.0 Å². The lowest BCUT2D eigenvalue weighted by Crippen LogP contribution is -2.14. The van der Waals surface area contributed by atoms with Crippen molar-refractivity contribution in [3.8, 4) is 0 Å². The molecule has 0 bridgehead atoms. The first kappa shape index (κ1) is 17.8. The number of aromatic nitrogens is 1. The summed E-state index contributed by atoms with van der Waals surface area (Å²) in [4.78, 5) is 27.9. The van der Waals surface area contributed by atoms with Crippen LogP contribution in [0.2, 0.25) is 0 Å². The molecule has 2 N–H and O–H groups in total. The second-order valence-corrected chi connectivity index (χ2v) is 6.50. The fourth-order valence-electron chi connectivity index (χ4n) is 2.29. The van der Waals surface area contributed by atoms with Crippen LogP contribution in [0.15, 0.2) is 53.9 Å². The standard InChI is InChI=1S/C19H16FN3O2S/c1-12(24)13-3-2-4-16(9-13)21-18(25)10-17-11-26-19(23-17)22-15-7-5-14(20)6-8-15/h2-9,11H,10H2,1H3,(H,21,25)(H,22,23). The van der Waals surface area contributed by atoms with Crippen molar-refractivity contribution in [3.05, 3.63) is 71.0 Å². The molecule has 132 valence electrons. The molecule has 7 heteroatoms. The van der Waals surface area contributed by atoms with E-state index >= 15 is 0 Å².